The maximum absolute atomic E-state index is 12.6. The predicted octanol–water partition coefficient (Wildman–Crippen LogP) is 2.19. The molecule has 0 aliphatic rings. The predicted molar refractivity (Wildman–Crippen MR) is 43.0 cm³/mol. The van der Waals surface area contributed by atoms with Crippen molar-refractivity contribution in [3.05, 3.63) is 35.4 Å². The largest absolute Gasteiger partial charge is 0.411 e. The lowest BCUT2D eigenvalue weighted by molar-refractivity contribution is 0.321. The summed E-state index contributed by atoms with van der Waals surface area (Å²) in [6.45, 7) is 0. The Balaban J connectivity index is 0.00000121. The molecule has 1 aromatic carbocycles. The van der Waals surface area contributed by atoms with Crippen LogP contribution < -0.4 is 0 Å². The van der Waals surface area contributed by atoms with Crippen LogP contribution in [0.15, 0.2) is 23.4 Å². The van der Waals surface area contributed by atoms with Gasteiger partial charge in [0.25, 0.3) is 0 Å². The van der Waals surface area contributed by atoms with E-state index in [2.05, 4.69) is 5.16 Å². The van der Waals surface area contributed by atoms with E-state index in [0.717, 1.165) is 12.3 Å². The normalized spacial score (nSPS) is 9.83. The van der Waals surface area contributed by atoms with Crippen molar-refractivity contribution < 1.29 is 14.0 Å². The Morgan fingerprint density at radius 3 is 2.58 bits per heavy atom. The maximum Gasteiger partial charge on any atom is 0.167 e. The number of benzene rings is 1. The van der Waals surface area contributed by atoms with Crippen molar-refractivity contribution in [1.82, 2.24) is 0 Å². The Morgan fingerprint density at radius 1 is 1.33 bits per heavy atom. The van der Waals surface area contributed by atoms with Crippen LogP contribution in [0.2, 0.25) is 0 Å². The Morgan fingerprint density at radius 2 is 2.00 bits per heavy atom. The van der Waals surface area contributed by atoms with Gasteiger partial charge in [-0.25, -0.2) is 8.78 Å². The van der Waals surface area contributed by atoms with E-state index >= 15 is 0 Å². The van der Waals surface area contributed by atoms with Crippen molar-refractivity contribution in [2.75, 3.05) is 0 Å². The second-order valence-corrected chi connectivity index (χ2v) is 1.89. The van der Waals surface area contributed by atoms with E-state index in [9.17, 15) is 8.78 Å². The molecular weight excluding hydrogens is 188 g/mol. The van der Waals surface area contributed by atoms with E-state index in [1.54, 1.807) is 0 Å². The summed E-state index contributed by atoms with van der Waals surface area (Å²) in [6, 6.07) is 3.62. The number of rotatable bonds is 1. The average Bonchev–Trinajstić information content (AvgIpc) is 1.99. The highest BCUT2D eigenvalue weighted by Gasteiger charge is 2.04. The average molecular weight is 194 g/mol. The van der Waals surface area contributed by atoms with E-state index in [-0.39, 0.29) is 18.0 Å². The summed E-state index contributed by atoms with van der Waals surface area (Å²) >= 11 is 0. The van der Waals surface area contributed by atoms with Crippen molar-refractivity contribution >= 4 is 18.6 Å². The third-order valence-electron chi connectivity index (χ3n) is 1.18. The molecule has 0 aliphatic heterocycles. The molecule has 0 saturated carbocycles. The van der Waals surface area contributed by atoms with Crippen LogP contribution in [-0.2, 0) is 0 Å². The van der Waals surface area contributed by atoms with Crippen LogP contribution >= 0.6 is 12.4 Å². The molecule has 0 aliphatic carbocycles. The zero-order chi connectivity index (χ0) is 8.27. The minimum Gasteiger partial charge on any atom is -0.411 e. The summed E-state index contributed by atoms with van der Waals surface area (Å²) in [5.41, 5.74) is -0.0764. The SMILES string of the molecule is Cl.ON=Cc1cccc(F)c1F. The highest BCUT2D eigenvalue weighted by molar-refractivity contribution is 5.85. The quantitative estimate of drug-likeness (QED) is 0.414. The van der Waals surface area contributed by atoms with Gasteiger partial charge in [-0.15, -0.1) is 12.4 Å². The lowest BCUT2D eigenvalue weighted by Gasteiger charge is -1.94. The summed E-state index contributed by atoms with van der Waals surface area (Å²) in [6.07, 6.45) is 0.832. The molecule has 0 saturated heterocycles. The molecule has 0 aromatic heterocycles. The maximum atomic E-state index is 12.6. The third-order valence-corrected chi connectivity index (χ3v) is 1.18. The highest BCUT2D eigenvalue weighted by atomic mass is 35.5. The second kappa shape index (κ2) is 4.66. The summed E-state index contributed by atoms with van der Waals surface area (Å²) in [5, 5.41) is 10.6. The molecule has 1 aromatic rings. The molecule has 12 heavy (non-hydrogen) atoms. The standard InChI is InChI=1S/C7H5F2NO.ClH/c8-6-3-1-2-5(4-10-11)7(6)9;/h1-4,11H;1H. The van der Waals surface area contributed by atoms with Crippen molar-refractivity contribution in [1.29, 1.82) is 0 Å². The van der Waals surface area contributed by atoms with E-state index < -0.39 is 11.6 Å². The number of hydrogen-bond donors (Lipinski definition) is 1. The first-order valence-electron chi connectivity index (χ1n) is 2.87. The van der Waals surface area contributed by atoms with Crippen molar-refractivity contribution in [2.24, 2.45) is 5.16 Å². The Labute approximate surface area is 73.9 Å². The Kier molecular flexibility index (Phi) is 4.21. The molecule has 0 atom stereocenters. The second-order valence-electron chi connectivity index (χ2n) is 1.89. The number of oxime groups is 1. The number of nitrogens with zero attached hydrogens (tertiary/aromatic N) is 1. The van der Waals surface area contributed by atoms with Gasteiger partial charge in [-0.3, -0.25) is 0 Å². The first kappa shape index (κ1) is 10.8. The third kappa shape index (κ3) is 2.17. The molecule has 1 N–H and O–H groups in total. The molecule has 0 amide bonds. The fourth-order valence-electron chi connectivity index (χ4n) is 0.682. The molecule has 0 unspecified atom stereocenters. The zero-order valence-corrected chi connectivity index (χ0v) is 6.68. The van der Waals surface area contributed by atoms with Crippen LogP contribution in [0.5, 0.6) is 0 Å². The van der Waals surface area contributed by atoms with Crippen LogP contribution in [0.3, 0.4) is 0 Å². The van der Waals surface area contributed by atoms with Gasteiger partial charge in [0.15, 0.2) is 11.6 Å². The monoisotopic (exact) mass is 193 g/mol. The first-order chi connectivity index (χ1) is 5.25. The van der Waals surface area contributed by atoms with Crippen LogP contribution in [0.4, 0.5) is 8.78 Å². The molecule has 66 valence electrons. The van der Waals surface area contributed by atoms with Crippen LogP contribution in [0.1, 0.15) is 5.56 Å². The summed E-state index contributed by atoms with van der Waals surface area (Å²) in [5.74, 6) is -1.97. The molecule has 0 spiro atoms. The van der Waals surface area contributed by atoms with E-state index in [0.29, 0.717) is 0 Å². The number of hydrogen-bond acceptors (Lipinski definition) is 2. The lowest BCUT2D eigenvalue weighted by Crippen LogP contribution is -1.91. The van der Waals surface area contributed by atoms with Crippen LogP contribution in [0, 0.1) is 11.6 Å². The summed E-state index contributed by atoms with van der Waals surface area (Å²) in [4.78, 5) is 0. The molecule has 0 heterocycles. The Hall–Kier alpha value is -1.16. The lowest BCUT2D eigenvalue weighted by atomic mass is 10.2. The molecule has 0 bridgehead atoms. The van der Waals surface area contributed by atoms with Crippen molar-refractivity contribution in [3.8, 4) is 0 Å². The van der Waals surface area contributed by atoms with Gasteiger partial charge in [0, 0.05) is 5.56 Å². The van der Waals surface area contributed by atoms with Gasteiger partial charge in [-0.05, 0) is 6.07 Å². The van der Waals surface area contributed by atoms with Gasteiger partial charge < -0.3 is 5.21 Å². The van der Waals surface area contributed by atoms with Crippen molar-refractivity contribution in [2.45, 2.75) is 0 Å². The summed E-state index contributed by atoms with van der Waals surface area (Å²) in [7, 11) is 0. The highest BCUT2D eigenvalue weighted by Crippen LogP contribution is 2.08. The molecule has 1 rings (SSSR count). The molecule has 0 fully saturated rings. The fourth-order valence-corrected chi connectivity index (χ4v) is 0.682. The van der Waals surface area contributed by atoms with Crippen LogP contribution in [-0.4, -0.2) is 11.4 Å². The minimum absolute atomic E-state index is 0. The molecular formula is C7H6ClF2NO. The molecule has 5 heteroatoms. The topological polar surface area (TPSA) is 32.6 Å². The van der Waals surface area contributed by atoms with Crippen molar-refractivity contribution in [3.63, 3.8) is 0 Å². The summed E-state index contributed by atoms with van der Waals surface area (Å²) < 4.78 is 25.0. The fraction of sp³-hybridized carbons (Fsp3) is 0. The first-order valence-corrected chi connectivity index (χ1v) is 2.87. The smallest absolute Gasteiger partial charge is 0.167 e. The zero-order valence-electron chi connectivity index (χ0n) is 5.87. The molecule has 2 nitrogen and oxygen atoms in total. The van der Waals surface area contributed by atoms with Gasteiger partial charge in [0.2, 0.25) is 0 Å². The van der Waals surface area contributed by atoms with E-state index in [1.807, 2.05) is 0 Å². The van der Waals surface area contributed by atoms with Gasteiger partial charge in [0.1, 0.15) is 0 Å². The van der Waals surface area contributed by atoms with Gasteiger partial charge in [-0.2, -0.15) is 0 Å². The van der Waals surface area contributed by atoms with Crippen LogP contribution in [0.25, 0.3) is 0 Å². The van der Waals surface area contributed by atoms with E-state index in [4.69, 9.17) is 5.21 Å². The number of halogens is 3. The minimum atomic E-state index is -1.01. The van der Waals surface area contributed by atoms with E-state index in [1.165, 1.54) is 12.1 Å². The van der Waals surface area contributed by atoms with Gasteiger partial charge in [-0.1, -0.05) is 17.3 Å². The van der Waals surface area contributed by atoms with Gasteiger partial charge in [0.05, 0.1) is 6.21 Å². The van der Waals surface area contributed by atoms with Gasteiger partial charge >= 0.3 is 0 Å². The molecule has 0 radical (unpaired) electrons. The Bertz CT molecular complexity index is 291.